The first kappa shape index (κ1) is 31.6. The van der Waals surface area contributed by atoms with Crippen molar-refractivity contribution in [2.24, 2.45) is 0 Å². The first-order valence-electron chi connectivity index (χ1n) is 16.1. The molecule has 0 saturated carbocycles. The SMILES string of the molecule is CCOc1cc2c3c(c(OCC)cc4c3c1C(=O)N(Cc1ccccc1)C4=O)C(=O)N(c1ccc(B3OC(C)(C)C(C)(C)O3)cc1)C2=O. The van der Waals surface area contributed by atoms with E-state index in [-0.39, 0.29) is 64.3 Å². The Labute approximate surface area is 278 Å². The minimum atomic E-state index is -0.632. The van der Waals surface area contributed by atoms with E-state index in [1.54, 1.807) is 38.1 Å². The van der Waals surface area contributed by atoms with E-state index in [4.69, 9.17) is 18.8 Å². The summed E-state index contributed by atoms with van der Waals surface area (Å²) in [7, 11) is -0.622. The highest BCUT2D eigenvalue weighted by Crippen LogP contribution is 2.46. The van der Waals surface area contributed by atoms with Gasteiger partial charge in [-0.15, -0.1) is 0 Å². The summed E-state index contributed by atoms with van der Waals surface area (Å²) in [6.45, 7) is 11.8. The van der Waals surface area contributed by atoms with Crippen molar-refractivity contribution >= 4 is 52.7 Å². The molecular weight excluding hydrogens is 611 g/mol. The number of anilines is 1. The molecule has 4 aromatic carbocycles. The molecular formula is C37H35BN2O8. The molecule has 10 nitrogen and oxygen atoms in total. The lowest BCUT2D eigenvalue weighted by Crippen LogP contribution is -2.43. The summed E-state index contributed by atoms with van der Waals surface area (Å²) in [5.74, 6) is -2.06. The highest BCUT2D eigenvalue weighted by Gasteiger charge is 2.52. The first-order valence-corrected chi connectivity index (χ1v) is 16.1. The second-order valence-electron chi connectivity index (χ2n) is 13.0. The number of imide groups is 2. The van der Waals surface area contributed by atoms with E-state index >= 15 is 0 Å². The molecule has 0 aliphatic carbocycles. The van der Waals surface area contributed by atoms with Crippen LogP contribution in [0.5, 0.6) is 11.5 Å². The van der Waals surface area contributed by atoms with Crippen LogP contribution >= 0.6 is 0 Å². The van der Waals surface area contributed by atoms with Crippen LogP contribution in [0.1, 0.15) is 88.5 Å². The largest absolute Gasteiger partial charge is 0.494 e. The number of nitrogens with zero attached hydrogens (tertiary/aromatic N) is 2. The van der Waals surface area contributed by atoms with Crippen molar-refractivity contribution < 1.29 is 38.0 Å². The second-order valence-corrected chi connectivity index (χ2v) is 13.0. The third kappa shape index (κ3) is 4.71. The van der Waals surface area contributed by atoms with E-state index in [1.165, 1.54) is 12.1 Å². The molecule has 1 saturated heterocycles. The summed E-state index contributed by atoms with van der Waals surface area (Å²) in [6, 6.07) is 19.1. The molecule has 11 heteroatoms. The number of benzene rings is 4. The smallest absolute Gasteiger partial charge is 0.493 e. The summed E-state index contributed by atoms with van der Waals surface area (Å²) < 4.78 is 24.3. The van der Waals surface area contributed by atoms with E-state index in [1.807, 2.05) is 58.0 Å². The fourth-order valence-corrected chi connectivity index (χ4v) is 6.49. The Balaban J connectivity index is 1.36. The number of hydrogen-bond donors (Lipinski definition) is 0. The number of rotatable bonds is 8. The fourth-order valence-electron chi connectivity index (χ4n) is 6.49. The molecule has 4 amide bonds. The Morgan fingerprint density at radius 3 is 1.73 bits per heavy atom. The molecule has 0 N–H and O–H groups in total. The Bertz CT molecular complexity index is 2010. The predicted octanol–water partition coefficient (Wildman–Crippen LogP) is 5.53. The lowest BCUT2D eigenvalue weighted by molar-refractivity contribution is 0.00578. The molecule has 0 radical (unpaired) electrons. The molecule has 7 rings (SSSR count). The number of carbonyl (C=O) groups is 4. The summed E-state index contributed by atoms with van der Waals surface area (Å²) >= 11 is 0. The fraction of sp³-hybridized carbons (Fsp3) is 0.297. The topological polar surface area (TPSA) is 112 Å². The average Bonchev–Trinajstić information content (AvgIpc) is 3.28. The summed E-state index contributed by atoms with van der Waals surface area (Å²) in [6.07, 6.45) is 0. The Morgan fingerprint density at radius 2 is 1.19 bits per heavy atom. The summed E-state index contributed by atoms with van der Waals surface area (Å²) in [5, 5.41) is 0.418. The molecule has 0 spiro atoms. The minimum absolute atomic E-state index is 0.0338. The standard InChI is InChI=1S/C37H35BN2O8/c1-7-45-26-19-25-29-28-24(32(41)39(34(43)30(26)28)20-21-12-10-9-11-13-21)18-27(46-8-2)31(29)35(44)40(33(25)42)23-16-14-22(15-17-23)38-47-36(3,4)37(5,6)48-38/h9-19H,7-8,20H2,1-6H3. The molecule has 0 aromatic heterocycles. The van der Waals surface area contributed by atoms with Crippen molar-refractivity contribution in [3.05, 3.63) is 94.5 Å². The van der Waals surface area contributed by atoms with E-state index in [2.05, 4.69) is 0 Å². The predicted molar refractivity (Wildman–Crippen MR) is 180 cm³/mol. The van der Waals surface area contributed by atoms with Gasteiger partial charge in [0.25, 0.3) is 23.6 Å². The number of amides is 4. The van der Waals surface area contributed by atoms with Gasteiger partial charge in [-0.2, -0.15) is 0 Å². The van der Waals surface area contributed by atoms with Crippen LogP contribution < -0.4 is 19.8 Å². The molecule has 0 bridgehead atoms. The van der Waals surface area contributed by atoms with Gasteiger partial charge in [-0.25, -0.2) is 4.90 Å². The zero-order valence-electron chi connectivity index (χ0n) is 27.7. The molecule has 3 heterocycles. The van der Waals surface area contributed by atoms with E-state index in [9.17, 15) is 19.2 Å². The monoisotopic (exact) mass is 646 g/mol. The normalized spacial score (nSPS) is 17.8. The van der Waals surface area contributed by atoms with Gasteiger partial charge in [0.2, 0.25) is 0 Å². The zero-order chi connectivity index (χ0) is 34.1. The highest BCUT2D eigenvalue weighted by atomic mass is 16.7. The average molecular weight is 647 g/mol. The highest BCUT2D eigenvalue weighted by molar-refractivity contribution is 6.62. The van der Waals surface area contributed by atoms with Crippen molar-refractivity contribution in [3.63, 3.8) is 0 Å². The lowest BCUT2D eigenvalue weighted by atomic mass is 9.79. The van der Waals surface area contributed by atoms with Gasteiger partial charge in [0.1, 0.15) is 11.5 Å². The van der Waals surface area contributed by atoms with E-state index in [0.717, 1.165) is 20.8 Å². The van der Waals surface area contributed by atoms with Crippen LogP contribution in [0.2, 0.25) is 0 Å². The van der Waals surface area contributed by atoms with Crippen LogP contribution in [0.15, 0.2) is 66.7 Å². The van der Waals surface area contributed by atoms with Crippen molar-refractivity contribution in [3.8, 4) is 11.5 Å². The van der Waals surface area contributed by atoms with Crippen LogP contribution in [0.3, 0.4) is 0 Å². The second kappa shape index (κ2) is 11.3. The van der Waals surface area contributed by atoms with E-state index < -0.39 is 41.9 Å². The van der Waals surface area contributed by atoms with Crippen molar-refractivity contribution in [2.75, 3.05) is 18.1 Å². The van der Waals surface area contributed by atoms with Crippen molar-refractivity contribution in [2.45, 2.75) is 59.3 Å². The van der Waals surface area contributed by atoms with Gasteiger partial charge in [-0.1, -0.05) is 42.5 Å². The minimum Gasteiger partial charge on any atom is -0.493 e. The third-order valence-corrected chi connectivity index (χ3v) is 9.58. The van der Waals surface area contributed by atoms with Crippen molar-refractivity contribution in [1.82, 2.24) is 4.90 Å². The van der Waals surface area contributed by atoms with Gasteiger partial charge >= 0.3 is 7.12 Å². The maximum absolute atomic E-state index is 14.4. The Morgan fingerprint density at radius 1 is 0.667 bits per heavy atom. The van der Waals surface area contributed by atoms with Crippen LogP contribution in [-0.4, -0.2) is 60.1 Å². The van der Waals surface area contributed by atoms with Crippen LogP contribution in [-0.2, 0) is 15.9 Å². The Hall–Kier alpha value is -5.00. The van der Waals surface area contributed by atoms with Crippen LogP contribution in [0.4, 0.5) is 5.69 Å². The van der Waals surface area contributed by atoms with Crippen LogP contribution in [0, 0.1) is 0 Å². The van der Waals surface area contributed by atoms with E-state index in [0.29, 0.717) is 5.69 Å². The van der Waals surface area contributed by atoms with Gasteiger partial charge < -0.3 is 18.8 Å². The summed E-state index contributed by atoms with van der Waals surface area (Å²) in [5.41, 5.74) is 1.27. The van der Waals surface area contributed by atoms with Crippen LogP contribution in [0.25, 0.3) is 10.8 Å². The Kier molecular flexibility index (Phi) is 7.45. The molecule has 1 fully saturated rings. The van der Waals surface area contributed by atoms with Crippen molar-refractivity contribution in [1.29, 1.82) is 0 Å². The number of hydrogen-bond acceptors (Lipinski definition) is 8. The third-order valence-electron chi connectivity index (χ3n) is 9.58. The molecule has 4 aromatic rings. The maximum Gasteiger partial charge on any atom is 0.494 e. The first-order chi connectivity index (χ1) is 22.9. The molecule has 3 aliphatic heterocycles. The lowest BCUT2D eigenvalue weighted by Gasteiger charge is -2.34. The summed E-state index contributed by atoms with van der Waals surface area (Å²) in [4.78, 5) is 59.1. The van der Waals surface area contributed by atoms with Gasteiger partial charge in [0.05, 0.1) is 58.9 Å². The maximum atomic E-state index is 14.4. The quantitative estimate of drug-likeness (QED) is 0.182. The van der Waals surface area contributed by atoms with Gasteiger partial charge in [0.15, 0.2) is 0 Å². The molecule has 48 heavy (non-hydrogen) atoms. The molecule has 3 aliphatic rings. The molecule has 0 atom stereocenters. The molecule has 244 valence electrons. The number of carbonyl (C=O) groups excluding carboxylic acids is 4. The van der Waals surface area contributed by atoms with Gasteiger partial charge in [0, 0.05) is 10.8 Å². The number of ether oxygens (including phenoxy) is 2. The molecule has 0 unspecified atom stereocenters. The van der Waals surface area contributed by atoms with Gasteiger partial charge in [-0.3, -0.25) is 24.1 Å². The van der Waals surface area contributed by atoms with Gasteiger partial charge in [-0.05, 0) is 76.8 Å². The zero-order valence-corrected chi connectivity index (χ0v) is 27.7.